The van der Waals surface area contributed by atoms with Gasteiger partial charge in [0.05, 0.1) is 0 Å². The average molecular weight is 377 g/mol. The molecule has 1 atom stereocenters. The second-order valence-corrected chi connectivity index (χ2v) is 8.26. The summed E-state index contributed by atoms with van der Waals surface area (Å²) in [6, 6.07) is 15.5. The lowest BCUT2D eigenvalue weighted by molar-refractivity contribution is -0.120. The summed E-state index contributed by atoms with van der Waals surface area (Å²) in [6.45, 7) is 2.91. The van der Waals surface area contributed by atoms with Crippen molar-refractivity contribution in [3.05, 3.63) is 59.7 Å². The van der Waals surface area contributed by atoms with Crippen molar-refractivity contribution in [3.8, 4) is 0 Å². The average Bonchev–Trinajstić information content (AvgIpc) is 2.73. The third kappa shape index (κ3) is 3.96. The van der Waals surface area contributed by atoms with Crippen LogP contribution in [0.25, 0.3) is 0 Å². The molecule has 146 valence electrons. The highest BCUT2D eigenvalue weighted by Gasteiger charge is 2.27. The second-order valence-electron chi connectivity index (χ2n) is 8.26. The van der Waals surface area contributed by atoms with E-state index >= 15 is 0 Å². The fourth-order valence-electron chi connectivity index (χ4n) is 4.45. The molecule has 1 fully saturated rings. The summed E-state index contributed by atoms with van der Waals surface area (Å²) in [4.78, 5) is 27.4. The van der Waals surface area contributed by atoms with Crippen LogP contribution in [0.1, 0.15) is 54.9 Å². The van der Waals surface area contributed by atoms with Gasteiger partial charge in [-0.15, -0.1) is 0 Å². The third-order valence-corrected chi connectivity index (χ3v) is 5.97. The Kier molecular flexibility index (Phi) is 5.47. The summed E-state index contributed by atoms with van der Waals surface area (Å²) in [5.41, 5.74) is 3.66. The van der Waals surface area contributed by atoms with Gasteiger partial charge in [-0.25, -0.2) is 0 Å². The smallest absolute Gasteiger partial charge is 0.258 e. The fraction of sp³-hybridized carbons (Fsp3) is 0.417. The Morgan fingerprint density at radius 1 is 0.964 bits per heavy atom. The number of nitrogens with zero attached hydrogens (tertiary/aromatic N) is 1. The molecule has 2 aliphatic rings. The van der Waals surface area contributed by atoms with Crippen LogP contribution in [0.2, 0.25) is 0 Å². The van der Waals surface area contributed by atoms with Crippen molar-refractivity contribution in [2.24, 2.45) is 11.8 Å². The summed E-state index contributed by atoms with van der Waals surface area (Å²) >= 11 is 0. The summed E-state index contributed by atoms with van der Waals surface area (Å²) in [5.74, 6) is 0.691. The number of amides is 2. The zero-order valence-electron chi connectivity index (χ0n) is 16.5. The summed E-state index contributed by atoms with van der Waals surface area (Å²) in [5, 5.41) is 3.02. The Balaban J connectivity index is 1.46. The minimum Gasteiger partial charge on any atom is -0.326 e. The number of benzene rings is 2. The van der Waals surface area contributed by atoms with Crippen LogP contribution in [0.4, 0.5) is 11.4 Å². The van der Waals surface area contributed by atoms with E-state index < -0.39 is 0 Å². The third-order valence-electron chi connectivity index (χ3n) is 5.97. The number of hydrogen-bond donors (Lipinski definition) is 1. The number of nitrogens with one attached hydrogen (secondary N) is 1. The van der Waals surface area contributed by atoms with E-state index in [-0.39, 0.29) is 17.7 Å². The van der Waals surface area contributed by atoms with Gasteiger partial charge >= 0.3 is 0 Å². The van der Waals surface area contributed by atoms with Crippen molar-refractivity contribution in [2.45, 2.75) is 45.4 Å². The Bertz CT molecular complexity index is 853. The van der Waals surface area contributed by atoms with E-state index in [1.165, 1.54) is 12.0 Å². The van der Waals surface area contributed by atoms with E-state index in [1.807, 2.05) is 47.4 Å². The van der Waals surface area contributed by atoms with Gasteiger partial charge in [-0.1, -0.05) is 44.4 Å². The van der Waals surface area contributed by atoms with Gasteiger partial charge in [0.2, 0.25) is 5.91 Å². The fourth-order valence-corrected chi connectivity index (χ4v) is 4.45. The maximum atomic E-state index is 13.1. The molecule has 0 bridgehead atoms. The van der Waals surface area contributed by atoms with Crippen molar-refractivity contribution < 1.29 is 9.59 Å². The molecule has 2 aromatic rings. The van der Waals surface area contributed by atoms with Gasteiger partial charge in [-0.3, -0.25) is 9.59 Å². The van der Waals surface area contributed by atoms with Crippen LogP contribution in [0.3, 0.4) is 0 Å². The number of fused-ring (bicyclic) bond motifs is 1. The normalized spacial score (nSPS) is 19.8. The van der Waals surface area contributed by atoms with E-state index in [4.69, 9.17) is 0 Å². The van der Waals surface area contributed by atoms with Crippen molar-refractivity contribution in [3.63, 3.8) is 0 Å². The predicted octanol–water partition coefficient (Wildman–Crippen LogP) is 5.04. The Morgan fingerprint density at radius 2 is 1.68 bits per heavy atom. The lowest BCUT2D eigenvalue weighted by Gasteiger charge is -2.33. The lowest BCUT2D eigenvalue weighted by Crippen LogP contribution is -2.39. The van der Waals surface area contributed by atoms with Crippen LogP contribution in [-0.2, 0) is 11.2 Å². The molecule has 1 aliphatic heterocycles. The van der Waals surface area contributed by atoms with Crippen LogP contribution in [-0.4, -0.2) is 18.4 Å². The Hall–Kier alpha value is -2.62. The molecular weight excluding hydrogens is 348 g/mol. The van der Waals surface area contributed by atoms with Gasteiger partial charge in [0, 0.05) is 29.4 Å². The first-order valence-electron chi connectivity index (χ1n) is 10.4. The molecule has 0 aromatic heterocycles. The van der Waals surface area contributed by atoms with Crippen LogP contribution in [0.5, 0.6) is 0 Å². The van der Waals surface area contributed by atoms with Gasteiger partial charge in [0.1, 0.15) is 0 Å². The number of carbonyl (C=O) groups is 2. The maximum Gasteiger partial charge on any atom is 0.258 e. The van der Waals surface area contributed by atoms with Crippen LogP contribution in [0.15, 0.2) is 48.5 Å². The molecule has 1 N–H and O–H groups in total. The first-order valence-corrected chi connectivity index (χ1v) is 10.4. The number of carbonyl (C=O) groups excluding carboxylic acids is 2. The van der Waals surface area contributed by atoms with Gasteiger partial charge in [-0.2, -0.15) is 0 Å². The van der Waals surface area contributed by atoms with E-state index in [2.05, 4.69) is 18.3 Å². The molecule has 2 aromatic carbocycles. The molecular formula is C24H28N2O2. The van der Waals surface area contributed by atoms with Crippen LogP contribution >= 0.6 is 0 Å². The van der Waals surface area contributed by atoms with E-state index in [0.717, 1.165) is 50.0 Å². The Labute approximate surface area is 166 Å². The highest BCUT2D eigenvalue weighted by atomic mass is 16.2. The number of rotatable bonds is 3. The molecule has 0 radical (unpaired) electrons. The molecule has 1 aliphatic carbocycles. The van der Waals surface area contributed by atoms with Gasteiger partial charge in [0.25, 0.3) is 5.91 Å². The summed E-state index contributed by atoms with van der Waals surface area (Å²) in [6.07, 6.45) is 6.48. The molecule has 4 rings (SSSR count). The number of anilines is 2. The quantitative estimate of drug-likeness (QED) is 0.815. The molecule has 4 nitrogen and oxygen atoms in total. The molecule has 1 unspecified atom stereocenters. The van der Waals surface area contributed by atoms with Gasteiger partial charge in [0.15, 0.2) is 0 Å². The topological polar surface area (TPSA) is 49.4 Å². The van der Waals surface area contributed by atoms with Crippen molar-refractivity contribution in [1.82, 2.24) is 0 Å². The first-order chi connectivity index (χ1) is 13.6. The number of hydrogen-bond acceptors (Lipinski definition) is 2. The zero-order chi connectivity index (χ0) is 19.5. The minimum atomic E-state index is 0.0177. The summed E-state index contributed by atoms with van der Waals surface area (Å²) < 4.78 is 0. The molecule has 4 heteroatoms. The highest BCUT2D eigenvalue weighted by Crippen LogP contribution is 2.31. The van der Waals surface area contributed by atoms with E-state index in [9.17, 15) is 9.59 Å². The first kappa shape index (κ1) is 18.7. The van der Waals surface area contributed by atoms with Crippen molar-refractivity contribution in [2.75, 3.05) is 16.8 Å². The van der Waals surface area contributed by atoms with Crippen molar-refractivity contribution >= 4 is 23.2 Å². The van der Waals surface area contributed by atoms with Gasteiger partial charge in [-0.05, 0) is 61.1 Å². The zero-order valence-corrected chi connectivity index (χ0v) is 16.5. The van der Waals surface area contributed by atoms with Gasteiger partial charge < -0.3 is 10.2 Å². The van der Waals surface area contributed by atoms with E-state index in [0.29, 0.717) is 11.5 Å². The molecule has 1 heterocycles. The molecule has 1 saturated carbocycles. The van der Waals surface area contributed by atoms with Crippen molar-refractivity contribution in [1.29, 1.82) is 0 Å². The van der Waals surface area contributed by atoms with Crippen LogP contribution < -0.4 is 10.2 Å². The predicted molar refractivity (Wildman–Crippen MR) is 113 cm³/mol. The largest absolute Gasteiger partial charge is 0.326 e. The second kappa shape index (κ2) is 8.17. The van der Waals surface area contributed by atoms with E-state index in [1.54, 1.807) is 0 Å². The van der Waals surface area contributed by atoms with Crippen LogP contribution in [0, 0.1) is 11.8 Å². The summed E-state index contributed by atoms with van der Waals surface area (Å²) in [7, 11) is 0. The molecule has 0 spiro atoms. The monoisotopic (exact) mass is 376 g/mol. The number of para-hydroxylation sites is 1. The standard InChI is InChI=1S/C24H28N2O2/c1-17-15-20-9-5-6-10-22(20)26(16-17)24(28)19-11-13-21(14-12-19)25-23(27)18-7-3-2-4-8-18/h5-6,9-14,17-18H,2-4,7-8,15-16H2,1H3,(H,25,27). The lowest BCUT2D eigenvalue weighted by atomic mass is 9.88. The molecule has 0 saturated heterocycles. The molecule has 2 amide bonds. The Morgan fingerprint density at radius 3 is 2.43 bits per heavy atom. The molecule has 28 heavy (non-hydrogen) atoms. The SMILES string of the molecule is CC1Cc2ccccc2N(C(=O)c2ccc(NC(=O)C3CCCCC3)cc2)C1. The maximum absolute atomic E-state index is 13.1. The highest BCUT2D eigenvalue weighted by molar-refractivity contribution is 6.07. The minimum absolute atomic E-state index is 0.0177.